The minimum absolute atomic E-state index is 0.00957. The van der Waals surface area contributed by atoms with Crippen LogP contribution < -0.4 is 10.6 Å². The summed E-state index contributed by atoms with van der Waals surface area (Å²) in [6.45, 7) is 4.37. The highest BCUT2D eigenvalue weighted by molar-refractivity contribution is 5.83. The van der Waals surface area contributed by atoms with Gasteiger partial charge in [-0.25, -0.2) is 0 Å². The molecule has 0 saturated carbocycles. The van der Waals surface area contributed by atoms with Gasteiger partial charge in [0.25, 0.3) is 0 Å². The molecule has 2 N–H and O–H groups in total. The normalized spacial score (nSPS) is 26.1. The second-order valence-electron chi connectivity index (χ2n) is 5.62. The van der Waals surface area contributed by atoms with Crippen LogP contribution in [0.5, 0.6) is 0 Å². The smallest absolute Gasteiger partial charge is 0.223 e. The van der Waals surface area contributed by atoms with E-state index in [-0.39, 0.29) is 11.8 Å². The number of nitrogens with one attached hydrogen (secondary N) is 2. The number of fused-ring (bicyclic) bond motifs is 2. The molecular formula is C14H25N3O2. The fraction of sp³-hybridized carbons (Fsp3) is 0.857. The van der Waals surface area contributed by atoms with Crippen LogP contribution in [0.4, 0.5) is 0 Å². The predicted octanol–water partition coefficient (Wildman–Crippen LogP) is 0.646. The van der Waals surface area contributed by atoms with Gasteiger partial charge in [-0.15, -0.1) is 0 Å². The van der Waals surface area contributed by atoms with E-state index in [4.69, 9.17) is 0 Å². The Morgan fingerprint density at radius 2 is 2.00 bits per heavy atom. The number of rotatable bonds is 5. The fourth-order valence-electron chi connectivity index (χ4n) is 2.90. The molecule has 2 atom stereocenters. The van der Waals surface area contributed by atoms with Crippen molar-refractivity contribution in [1.82, 2.24) is 15.5 Å². The lowest BCUT2D eigenvalue weighted by Gasteiger charge is -2.24. The summed E-state index contributed by atoms with van der Waals surface area (Å²) in [6.07, 6.45) is 5.05. The van der Waals surface area contributed by atoms with E-state index in [1.54, 1.807) is 0 Å². The molecule has 2 heterocycles. The molecule has 2 aliphatic rings. The van der Waals surface area contributed by atoms with Gasteiger partial charge >= 0.3 is 0 Å². The molecule has 2 rings (SSSR count). The number of amides is 2. The first kappa shape index (κ1) is 14.3. The third kappa shape index (κ3) is 4.20. The summed E-state index contributed by atoms with van der Waals surface area (Å²) >= 11 is 0. The van der Waals surface area contributed by atoms with E-state index in [1.807, 2.05) is 11.8 Å². The Morgan fingerprint density at radius 3 is 2.79 bits per heavy atom. The van der Waals surface area contributed by atoms with Crippen LogP contribution in [0.2, 0.25) is 0 Å². The third-order valence-corrected chi connectivity index (χ3v) is 4.01. The molecule has 0 aliphatic carbocycles. The van der Waals surface area contributed by atoms with Crippen LogP contribution in [0, 0.1) is 0 Å². The third-order valence-electron chi connectivity index (χ3n) is 4.01. The Balaban J connectivity index is 1.72. The molecule has 2 aliphatic heterocycles. The minimum atomic E-state index is -0.00957. The van der Waals surface area contributed by atoms with Crippen molar-refractivity contribution in [2.75, 3.05) is 19.6 Å². The van der Waals surface area contributed by atoms with Gasteiger partial charge in [-0.1, -0.05) is 6.92 Å². The molecule has 5 heteroatoms. The standard InChI is InChI=1S/C14H25N3O2/c1-2-8-15-13(18)5-6-14(19)17-9-7-11-3-4-12(10-17)16-11/h11-12,16H,2-10H2,1H3,(H,15,18). The van der Waals surface area contributed by atoms with Crippen molar-refractivity contribution < 1.29 is 9.59 Å². The number of hydrogen-bond acceptors (Lipinski definition) is 3. The summed E-state index contributed by atoms with van der Waals surface area (Å²) in [7, 11) is 0. The van der Waals surface area contributed by atoms with E-state index in [9.17, 15) is 9.59 Å². The molecule has 0 aromatic rings. The van der Waals surface area contributed by atoms with Crippen LogP contribution in [0.1, 0.15) is 45.4 Å². The summed E-state index contributed by atoms with van der Waals surface area (Å²) in [6, 6.07) is 1.06. The van der Waals surface area contributed by atoms with Crippen LogP contribution in [-0.4, -0.2) is 48.4 Å². The molecule has 2 unspecified atom stereocenters. The van der Waals surface area contributed by atoms with Gasteiger partial charge in [0.2, 0.25) is 11.8 Å². The Kier molecular flexibility index (Phi) is 5.19. The first-order chi connectivity index (χ1) is 9.19. The number of nitrogens with zero attached hydrogens (tertiary/aromatic N) is 1. The van der Waals surface area contributed by atoms with E-state index in [1.165, 1.54) is 12.8 Å². The van der Waals surface area contributed by atoms with Crippen molar-refractivity contribution in [3.05, 3.63) is 0 Å². The van der Waals surface area contributed by atoms with E-state index in [0.717, 1.165) is 25.9 Å². The Hall–Kier alpha value is -1.10. The van der Waals surface area contributed by atoms with Crippen molar-refractivity contribution in [2.45, 2.75) is 57.5 Å². The predicted molar refractivity (Wildman–Crippen MR) is 73.7 cm³/mol. The maximum atomic E-state index is 12.1. The minimum Gasteiger partial charge on any atom is -0.356 e. The van der Waals surface area contributed by atoms with Gasteiger partial charge in [0.15, 0.2) is 0 Å². The van der Waals surface area contributed by atoms with E-state index in [0.29, 0.717) is 31.5 Å². The SMILES string of the molecule is CCCNC(=O)CCC(=O)N1CCC2CCC(C1)N2. The Labute approximate surface area is 115 Å². The van der Waals surface area contributed by atoms with Crippen molar-refractivity contribution in [3.63, 3.8) is 0 Å². The molecule has 108 valence electrons. The summed E-state index contributed by atoms with van der Waals surface area (Å²) in [5.41, 5.74) is 0. The van der Waals surface area contributed by atoms with Gasteiger partial charge in [-0.3, -0.25) is 9.59 Å². The maximum Gasteiger partial charge on any atom is 0.223 e. The zero-order valence-electron chi connectivity index (χ0n) is 11.8. The molecule has 2 bridgehead atoms. The highest BCUT2D eigenvalue weighted by Crippen LogP contribution is 2.20. The Morgan fingerprint density at radius 1 is 1.21 bits per heavy atom. The zero-order valence-corrected chi connectivity index (χ0v) is 11.8. The highest BCUT2D eigenvalue weighted by atomic mass is 16.2. The van der Waals surface area contributed by atoms with Gasteiger partial charge in [0.1, 0.15) is 0 Å². The quantitative estimate of drug-likeness (QED) is 0.768. The lowest BCUT2D eigenvalue weighted by molar-refractivity contribution is -0.133. The summed E-state index contributed by atoms with van der Waals surface area (Å²) in [5.74, 6) is 0.116. The number of carbonyl (C=O) groups is 2. The second kappa shape index (κ2) is 6.89. The van der Waals surface area contributed by atoms with Crippen molar-refractivity contribution in [1.29, 1.82) is 0 Å². The lowest BCUT2D eigenvalue weighted by atomic mass is 10.1. The molecule has 2 amide bonds. The topological polar surface area (TPSA) is 61.4 Å². The average Bonchev–Trinajstić information content (AvgIpc) is 2.73. The van der Waals surface area contributed by atoms with Crippen LogP contribution in [0.3, 0.4) is 0 Å². The molecule has 2 saturated heterocycles. The fourth-order valence-corrected chi connectivity index (χ4v) is 2.90. The van der Waals surface area contributed by atoms with Crippen LogP contribution in [-0.2, 0) is 9.59 Å². The largest absolute Gasteiger partial charge is 0.356 e. The maximum absolute atomic E-state index is 12.1. The van der Waals surface area contributed by atoms with Crippen LogP contribution in [0.25, 0.3) is 0 Å². The van der Waals surface area contributed by atoms with Gasteiger partial charge in [-0.05, 0) is 25.7 Å². The van der Waals surface area contributed by atoms with Gasteiger partial charge < -0.3 is 15.5 Å². The highest BCUT2D eigenvalue weighted by Gasteiger charge is 2.30. The molecular weight excluding hydrogens is 242 g/mol. The van der Waals surface area contributed by atoms with Crippen molar-refractivity contribution in [2.24, 2.45) is 0 Å². The molecule has 19 heavy (non-hydrogen) atoms. The summed E-state index contributed by atoms with van der Waals surface area (Å²) in [4.78, 5) is 25.5. The summed E-state index contributed by atoms with van der Waals surface area (Å²) in [5, 5.41) is 6.37. The summed E-state index contributed by atoms with van der Waals surface area (Å²) < 4.78 is 0. The lowest BCUT2D eigenvalue weighted by Crippen LogP contribution is -2.39. The zero-order chi connectivity index (χ0) is 13.7. The monoisotopic (exact) mass is 267 g/mol. The molecule has 2 fully saturated rings. The first-order valence-corrected chi connectivity index (χ1v) is 7.49. The van der Waals surface area contributed by atoms with Crippen LogP contribution in [0.15, 0.2) is 0 Å². The van der Waals surface area contributed by atoms with Crippen LogP contribution >= 0.6 is 0 Å². The molecule has 0 spiro atoms. The molecule has 5 nitrogen and oxygen atoms in total. The Bertz CT molecular complexity index is 333. The van der Waals surface area contributed by atoms with Gasteiger partial charge in [0, 0.05) is 44.6 Å². The molecule has 0 aromatic carbocycles. The second-order valence-corrected chi connectivity index (χ2v) is 5.62. The first-order valence-electron chi connectivity index (χ1n) is 7.49. The molecule has 0 aromatic heterocycles. The number of hydrogen-bond donors (Lipinski definition) is 2. The van der Waals surface area contributed by atoms with E-state index in [2.05, 4.69) is 10.6 Å². The van der Waals surface area contributed by atoms with E-state index < -0.39 is 0 Å². The average molecular weight is 267 g/mol. The van der Waals surface area contributed by atoms with E-state index >= 15 is 0 Å². The number of likely N-dealkylation sites (tertiary alicyclic amines) is 1. The van der Waals surface area contributed by atoms with Gasteiger partial charge in [-0.2, -0.15) is 0 Å². The van der Waals surface area contributed by atoms with Gasteiger partial charge in [0.05, 0.1) is 0 Å². The molecule has 0 radical (unpaired) electrons. The van der Waals surface area contributed by atoms with Crippen molar-refractivity contribution in [3.8, 4) is 0 Å². The number of carbonyl (C=O) groups excluding carboxylic acids is 2. The van der Waals surface area contributed by atoms with Crippen molar-refractivity contribution >= 4 is 11.8 Å².